The van der Waals surface area contributed by atoms with Gasteiger partial charge in [-0.2, -0.15) is 0 Å². The van der Waals surface area contributed by atoms with Gasteiger partial charge in [-0.1, -0.05) is 6.07 Å². The van der Waals surface area contributed by atoms with E-state index < -0.39 is 0 Å². The van der Waals surface area contributed by atoms with E-state index in [2.05, 4.69) is 21.8 Å². The van der Waals surface area contributed by atoms with E-state index in [4.69, 9.17) is 9.47 Å². The Morgan fingerprint density at radius 3 is 2.96 bits per heavy atom. The maximum absolute atomic E-state index is 6.09. The number of ether oxygens (including phenoxy) is 2. The fourth-order valence-electron chi connectivity index (χ4n) is 5.07. The van der Waals surface area contributed by atoms with Crippen LogP contribution in [0.5, 0.6) is 0 Å². The molecule has 5 nitrogen and oxygen atoms in total. The van der Waals surface area contributed by atoms with Gasteiger partial charge in [0.2, 0.25) is 0 Å². The van der Waals surface area contributed by atoms with E-state index in [1.54, 1.807) is 0 Å². The first kappa shape index (κ1) is 17.4. The summed E-state index contributed by atoms with van der Waals surface area (Å²) >= 11 is 0. The van der Waals surface area contributed by atoms with Gasteiger partial charge >= 0.3 is 0 Å². The number of aromatic nitrogens is 1. The van der Waals surface area contributed by atoms with Gasteiger partial charge < -0.3 is 14.4 Å². The second-order valence-corrected chi connectivity index (χ2v) is 8.16. The van der Waals surface area contributed by atoms with E-state index in [0.29, 0.717) is 17.9 Å². The summed E-state index contributed by atoms with van der Waals surface area (Å²) in [6.45, 7) is 8.20. The van der Waals surface area contributed by atoms with Gasteiger partial charge in [0.25, 0.3) is 0 Å². The van der Waals surface area contributed by atoms with Crippen molar-refractivity contribution in [1.29, 1.82) is 0 Å². The average molecular weight is 345 g/mol. The Kier molecular flexibility index (Phi) is 5.36. The normalized spacial score (nSPS) is 32.0. The van der Waals surface area contributed by atoms with Crippen LogP contribution in [0.2, 0.25) is 0 Å². The quantitative estimate of drug-likeness (QED) is 0.816. The molecule has 0 aromatic carbocycles. The maximum Gasteiger partial charge on any atom is 0.0887 e. The SMILES string of the molecule is CN1C[C@@H](COCc2ccccn2)[C@@]2(CCN(C3CCOCC3)C2)C1. The van der Waals surface area contributed by atoms with Crippen molar-refractivity contribution in [3.63, 3.8) is 0 Å². The first-order valence-corrected chi connectivity index (χ1v) is 9.73. The van der Waals surface area contributed by atoms with Crippen molar-refractivity contribution in [1.82, 2.24) is 14.8 Å². The van der Waals surface area contributed by atoms with E-state index in [1.807, 2.05) is 24.4 Å². The molecule has 4 rings (SSSR count). The highest BCUT2D eigenvalue weighted by atomic mass is 16.5. The van der Waals surface area contributed by atoms with E-state index in [9.17, 15) is 0 Å². The Bertz CT molecular complexity index is 549. The summed E-state index contributed by atoms with van der Waals surface area (Å²) in [4.78, 5) is 9.61. The summed E-state index contributed by atoms with van der Waals surface area (Å²) in [7, 11) is 2.26. The van der Waals surface area contributed by atoms with Crippen LogP contribution < -0.4 is 0 Å². The van der Waals surface area contributed by atoms with E-state index in [0.717, 1.165) is 38.1 Å². The van der Waals surface area contributed by atoms with E-state index in [-0.39, 0.29) is 0 Å². The maximum atomic E-state index is 6.09. The Morgan fingerprint density at radius 1 is 1.28 bits per heavy atom. The summed E-state index contributed by atoms with van der Waals surface area (Å²) in [5.41, 5.74) is 1.44. The van der Waals surface area contributed by atoms with Gasteiger partial charge in [-0.15, -0.1) is 0 Å². The van der Waals surface area contributed by atoms with Gasteiger partial charge in [0.15, 0.2) is 0 Å². The van der Waals surface area contributed by atoms with Gasteiger partial charge in [0.05, 0.1) is 18.9 Å². The molecule has 2 atom stereocenters. The molecule has 4 heterocycles. The minimum atomic E-state index is 0.414. The first-order chi connectivity index (χ1) is 12.3. The molecule has 0 N–H and O–H groups in total. The fraction of sp³-hybridized carbons (Fsp3) is 0.750. The number of pyridine rings is 1. The summed E-state index contributed by atoms with van der Waals surface area (Å²) in [5, 5.41) is 0. The number of likely N-dealkylation sites (tertiary alicyclic amines) is 2. The highest BCUT2D eigenvalue weighted by Gasteiger charge is 2.50. The fourth-order valence-corrected chi connectivity index (χ4v) is 5.07. The summed E-state index contributed by atoms with van der Waals surface area (Å²) < 4.78 is 11.6. The molecule has 0 saturated carbocycles. The summed E-state index contributed by atoms with van der Waals surface area (Å²) in [6.07, 6.45) is 5.55. The molecular formula is C20H31N3O2. The molecular weight excluding hydrogens is 314 g/mol. The third kappa shape index (κ3) is 3.90. The van der Waals surface area contributed by atoms with Crippen LogP contribution in [0.25, 0.3) is 0 Å². The van der Waals surface area contributed by atoms with Crippen LogP contribution in [-0.2, 0) is 16.1 Å². The molecule has 1 spiro atoms. The number of hydrogen-bond acceptors (Lipinski definition) is 5. The van der Waals surface area contributed by atoms with Gasteiger partial charge in [0, 0.05) is 56.4 Å². The number of nitrogens with zero attached hydrogens (tertiary/aromatic N) is 3. The zero-order chi connectivity index (χ0) is 17.1. The zero-order valence-corrected chi connectivity index (χ0v) is 15.4. The van der Waals surface area contributed by atoms with Crippen molar-refractivity contribution < 1.29 is 9.47 Å². The minimum Gasteiger partial charge on any atom is -0.381 e. The Labute approximate surface area is 151 Å². The van der Waals surface area contributed by atoms with Crippen molar-refractivity contribution in [3.05, 3.63) is 30.1 Å². The molecule has 3 saturated heterocycles. The molecule has 3 fully saturated rings. The van der Waals surface area contributed by atoms with Gasteiger partial charge in [0.1, 0.15) is 0 Å². The molecule has 1 aromatic heterocycles. The van der Waals surface area contributed by atoms with Gasteiger partial charge in [-0.05, 0) is 45.0 Å². The largest absolute Gasteiger partial charge is 0.381 e. The lowest BCUT2D eigenvalue weighted by Crippen LogP contribution is -2.42. The number of rotatable bonds is 5. The molecule has 3 aliphatic heterocycles. The Morgan fingerprint density at radius 2 is 2.16 bits per heavy atom. The first-order valence-electron chi connectivity index (χ1n) is 9.73. The summed E-state index contributed by atoms with van der Waals surface area (Å²) in [5.74, 6) is 0.631. The highest BCUT2D eigenvalue weighted by molar-refractivity contribution is 5.04. The molecule has 0 amide bonds. The van der Waals surface area contributed by atoms with E-state index >= 15 is 0 Å². The van der Waals surface area contributed by atoms with Crippen LogP contribution in [0, 0.1) is 11.3 Å². The van der Waals surface area contributed by atoms with Crippen LogP contribution in [0.15, 0.2) is 24.4 Å². The topological polar surface area (TPSA) is 37.8 Å². The van der Waals surface area contributed by atoms with Crippen LogP contribution in [0.4, 0.5) is 0 Å². The molecule has 138 valence electrons. The average Bonchev–Trinajstić information content (AvgIpc) is 3.20. The second-order valence-electron chi connectivity index (χ2n) is 8.16. The third-order valence-corrected chi connectivity index (χ3v) is 6.40. The molecule has 0 radical (unpaired) electrons. The smallest absolute Gasteiger partial charge is 0.0887 e. The highest BCUT2D eigenvalue weighted by Crippen LogP contribution is 2.44. The zero-order valence-electron chi connectivity index (χ0n) is 15.4. The molecule has 0 unspecified atom stereocenters. The van der Waals surface area contributed by atoms with Crippen LogP contribution in [-0.4, -0.2) is 73.9 Å². The van der Waals surface area contributed by atoms with E-state index in [1.165, 1.54) is 38.9 Å². The molecule has 25 heavy (non-hydrogen) atoms. The summed E-state index contributed by atoms with van der Waals surface area (Å²) in [6, 6.07) is 6.75. The van der Waals surface area contributed by atoms with Crippen molar-refractivity contribution >= 4 is 0 Å². The van der Waals surface area contributed by atoms with Crippen LogP contribution in [0.1, 0.15) is 25.0 Å². The molecule has 1 aromatic rings. The molecule has 0 aliphatic carbocycles. The Hall–Kier alpha value is -1.01. The lowest BCUT2D eigenvalue weighted by atomic mass is 9.77. The Balaban J connectivity index is 1.34. The van der Waals surface area contributed by atoms with Crippen LogP contribution in [0.3, 0.4) is 0 Å². The predicted molar refractivity (Wildman–Crippen MR) is 97.3 cm³/mol. The van der Waals surface area contributed by atoms with Crippen molar-refractivity contribution in [2.45, 2.75) is 31.9 Å². The van der Waals surface area contributed by atoms with Crippen LogP contribution >= 0.6 is 0 Å². The van der Waals surface area contributed by atoms with Gasteiger partial charge in [-0.25, -0.2) is 0 Å². The lowest BCUT2D eigenvalue weighted by Gasteiger charge is -2.34. The third-order valence-electron chi connectivity index (χ3n) is 6.40. The van der Waals surface area contributed by atoms with Gasteiger partial charge in [-0.3, -0.25) is 9.88 Å². The molecule has 3 aliphatic rings. The van der Waals surface area contributed by atoms with Crippen molar-refractivity contribution in [2.75, 3.05) is 53.0 Å². The lowest BCUT2D eigenvalue weighted by molar-refractivity contribution is 0.0271. The second kappa shape index (κ2) is 7.70. The van der Waals surface area contributed by atoms with Crippen molar-refractivity contribution in [2.24, 2.45) is 11.3 Å². The minimum absolute atomic E-state index is 0.414. The monoisotopic (exact) mass is 345 g/mol. The predicted octanol–water partition coefficient (Wildman–Crippen LogP) is 2.03. The standard InChI is InChI=1S/C20H31N3O2/c1-22-12-17(13-25-14-18-4-2-3-8-21-18)20(15-22)7-9-23(16-20)19-5-10-24-11-6-19/h2-4,8,17,19H,5-7,9-16H2,1H3/t17-,20-/m0/s1. The molecule has 0 bridgehead atoms. The number of hydrogen-bond donors (Lipinski definition) is 0. The molecule has 5 heteroatoms. The van der Waals surface area contributed by atoms with Crippen molar-refractivity contribution in [3.8, 4) is 0 Å².